The molecule has 0 radical (unpaired) electrons. The van der Waals surface area contributed by atoms with Crippen molar-refractivity contribution in [2.45, 2.75) is 25.2 Å². The quantitative estimate of drug-likeness (QED) is 0.857. The summed E-state index contributed by atoms with van der Waals surface area (Å²) in [6, 6.07) is 11.5. The molecule has 2 atom stereocenters. The molecule has 0 saturated heterocycles. The summed E-state index contributed by atoms with van der Waals surface area (Å²) in [5.41, 5.74) is 1.79. The van der Waals surface area contributed by atoms with Crippen LogP contribution in [-0.2, 0) is 16.0 Å². The molecule has 1 aliphatic carbocycles. The number of benzene rings is 1. The highest BCUT2D eigenvalue weighted by molar-refractivity contribution is 7.09. The SMILES string of the molecule is O=C(CCc1cccs1)Nc1ccc([C@@H]2C[C@H]2C(=O)O)cc1. The lowest BCUT2D eigenvalue weighted by Crippen LogP contribution is -2.12. The molecule has 0 spiro atoms. The maximum Gasteiger partial charge on any atom is 0.307 e. The lowest BCUT2D eigenvalue weighted by Gasteiger charge is -2.06. The Morgan fingerprint density at radius 1 is 1.23 bits per heavy atom. The minimum absolute atomic E-state index is 0.00372. The largest absolute Gasteiger partial charge is 0.481 e. The van der Waals surface area contributed by atoms with Crippen molar-refractivity contribution in [3.8, 4) is 0 Å². The molecule has 1 aromatic carbocycles. The van der Waals surface area contributed by atoms with E-state index in [1.54, 1.807) is 11.3 Å². The zero-order chi connectivity index (χ0) is 15.5. The van der Waals surface area contributed by atoms with E-state index in [9.17, 15) is 9.59 Å². The highest BCUT2D eigenvalue weighted by Crippen LogP contribution is 2.47. The van der Waals surface area contributed by atoms with Crippen molar-refractivity contribution in [2.24, 2.45) is 5.92 Å². The van der Waals surface area contributed by atoms with Gasteiger partial charge in [-0.1, -0.05) is 18.2 Å². The van der Waals surface area contributed by atoms with Crippen molar-refractivity contribution in [2.75, 3.05) is 5.32 Å². The van der Waals surface area contributed by atoms with Crippen LogP contribution in [0.15, 0.2) is 41.8 Å². The second-order valence-electron chi connectivity index (χ2n) is 5.54. The number of thiophene rings is 1. The molecule has 1 aliphatic rings. The summed E-state index contributed by atoms with van der Waals surface area (Å²) in [5, 5.41) is 13.8. The fourth-order valence-electron chi connectivity index (χ4n) is 2.57. The Morgan fingerprint density at radius 2 is 2.00 bits per heavy atom. The van der Waals surface area contributed by atoms with Gasteiger partial charge in [0.25, 0.3) is 0 Å². The monoisotopic (exact) mass is 315 g/mol. The first-order valence-electron chi connectivity index (χ1n) is 7.28. The van der Waals surface area contributed by atoms with Crippen LogP contribution in [0.2, 0.25) is 0 Å². The Bertz CT molecular complexity index is 664. The predicted octanol–water partition coefficient (Wildman–Crippen LogP) is 3.51. The second-order valence-corrected chi connectivity index (χ2v) is 6.57. The van der Waals surface area contributed by atoms with E-state index < -0.39 is 5.97 Å². The summed E-state index contributed by atoms with van der Waals surface area (Å²) < 4.78 is 0. The number of hydrogen-bond donors (Lipinski definition) is 2. The smallest absolute Gasteiger partial charge is 0.307 e. The number of aliphatic carboxylic acids is 1. The third kappa shape index (κ3) is 3.54. The lowest BCUT2D eigenvalue weighted by atomic mass is 10.1. The molecule has 22 heavy (non-hydrogen) atoms. The number of carbonyl (C=O) groups is 2. The van der Waals surface area contributed by atoms with E-state index in [0.717, 1.165) is 17.7 Å². The molecule has 0 aliphatic heterocycles. The van der Waals surface area contributed by atoms with Crippen LogP contribution in [-0.4, -0.2) is 17.0 Å². The fraction of sp³-hybridized carbons (Fsp3) is 0.294. The summed E-state index contributed by atoms with van der Waals surface area (Å²) in [6.07, 6.45) is 1.93. The highest BCUT2D eigenvalue weighted by atomic mass is 32.1. The minimum Gasteiger partial charge on any atom is -0.481 e. The lowest BCUT2D eigenvalue weighted by molar-refractivity contribution is -0.138. The first kappa shape index (κ1) is 14.8. The molecule has 5 heteroatoms. The van der Waals surface area contributed by atoms with Crippen molar-refractivity contribution < 1.29 is 14.7 Å². The zero-order valence-electron chi connectivity index (χ0n) is 12.0. The van der Waals surface area contributed by atoms with Crippen LogP contribution in [0, 0.1) is 5.92 Å². The average molecular weight is 315 g/mol. The van der Waals surface area contributed by atoms with E-state index in [0.29, 0.717) is 12.8 Å². The summed E-state index contributed by atoms with van der Waals surface area (Å²) in [7, 11) is 0. The van der Waals surface area contributed by atoms with Gasteiger partial charge in [-0.15, -0.1) is 11.3 Å². The number of amides is 1. The molecule has 114 valence electrons. The van der Waals surface area contributed by atoms with E-state index in [4.69, 9.17) is 5.11 Å². The number of rotatable bonds is 6. The van der Waals surface area contributed by atoms with E-state index in [-0.39, 0.29) is 17.7 Å². The van der Waals surface area contributed by atoms with Crippen LogP contribution >= 0.6 is 11.3 Å². The van der Waals surface area contributed by atoms with Crippen LogP contribution in [0.3, 0.4) is 0 Å². The number of nitrogens with one attached hydrogen (secondary N) is 1. The molecule has 1 aromatic heterocycles. The first-order valence-corrected chi connectivity index (χ1v) is 8.16. The van der Waals surface area contributed by atoms with Gasteiger partial charge < -0.3 is 10.4 Å². The molecule has 1 fully saturated rings. The first-order chi connectivity index (χ1) is 10.6. The third-order valence-corrected chi connectivity index (χ3v) is 4.84. The molecular weight excluding hydrogens is 298 g/mol. The van der Waals surface area contributed by atoms with E-state index in [2.05, 4.69) is 5.32 Å². The molecule has 0 unspecified atom stereocenters. The number of anilines is 1. The Labute approximate surface area is 132 Å². The van der Waals surface area contributed by atoms with Gasteiger partial charge in [0, 0.05) is 17.0 Å². The summed E-state index contributed by atoms with van der Waals surface area (Å²) in [5.74, 6) is -0.848. The Kier molecular flexibility index (Phi) is 4.24. The molecule has 1 amide bonds. The third-order valence-electron chi connectivity index (χ3n) is 3.91. The van der Waals surface area contributed by atoms with Gasteiger partial charge in [0.1, 0.15) is 0 Å². The fourth-order valence-corrected chi connectivity index (χ4v) is 3.27. The summed E-state index contributed by atoms with van der Waals surface area (Å²) in [4.78, 5) is 24.0. The molecule has 2 N–H and O–H groups in total. The van der Waals surface area contributed by atoms with Crippen molar-refractivity contribution in [3.63, 3.8) is 0 Å². The molecule has 0 bridgehead atoms. The molecular formula is C17H17NO3S. The van der Waals surface area contributed by atoms with E-state index >= 15 is 0 Å². The van der Waals surface area contributed by atoms with Gasteiger partial charge in [-0.25, -0.2) is 0 Å². The van der Waals surface area contributed by atoms with Crippen LogP contribution in [0.25, 0.3) is 0 Å². The zero-order valence-corrected chi connectivity index (χ0v) is 12.8. The number of carboxylic acid groups (broad SMARTS) is 1. The van der Waals surface area contributed by atoms with Crippen LogP contribution in [0.5, 0.6) is 0 Å². The summed E-state index contributed by atoms with van der Waals surface area (Å²) in [6.45, 7) is 0. The van der Waals surface area contributed by atoms with Crippen molar-refractivity contribution >= 4 is 28.9 Å². The average Bonchev–Trinajstić information content (AvgIpc) is 3.14. The van der Waals surface area contributed by atoms with E-state index in [1.807, 2.05) is 41.8 Å². The van der Waals surface area contributed by atoms with Gasteiger partial charge in [-0.3, -0.25) is 9.59 Å². The van der Waals surface area contributed by atoms with Crippen molar-refractivity contribution in [1.82, 2.24) is 0 Å². The van der Waals surface area contributed by atoms with Crippen LogP contribution < -0.4 is 5.32 Å². The number of carboxylic acids is 1. The Morgan fingerprint density at radius 3 is 2.59 bits per heavy atom. The van der Waals surface area contributed by atoms with Gasteiger partial charge in [-0.05, 0) is 47.9 Å². The Hall–Kier alpha value is -2.14. The Balaban J connectivity index is 1.50. The van der Waals surface area contributed by atoms with E-state index in [1.165, 1.54) is 4.88 Å². The summed E-state index contributed by atoms with van der Waals surface area (Å²) >= 11 is 1.66. The van der Waals surface area contributed by atoms with Gasteiger partial charge in [0.05, 0.1) is 5.92 Å². The standard InChI is InChI=1S/C17H17NO3S/c19-16(8-7-13-2-1-9-22-13)18-12-5-3-11(4-6-12)14-10-15(14)17(20)21/h1-6,9,14-15H,7-8,10H2,(H,18,19)(H,20,21)/t14-,15+/m0/s1. The topological polar surface area (TPSA) is 66.4 Å². The second kappa shape index (κ2) is 6.32. The molecule has 1 saturated carbocycles. The van der Waals surface area contributed by atoms with Gasteiger partial charge in [-0.2, -0.15) is 0 Å². The van der Waals surface area contributed by atoms with Gasteiger partial charge in [0.15, 0.2) is 0 Å². The number of aryl methyl sites for hydroxylation is 1. The maximum absolute atomic E-state index is 11.9. The molecule has 4 nitrogen and oxygen atoms in total. The normalized spacial score (nSPS) is 19.6. The molecule has 1 heterocycles. The minimum atomic E-state index is -0.726. The van der Waals surface area contributed by atoms with Crippen LogP contribution in [0.4, 0.5) is 5.69 Å². The van der Waals surface area contributed by atoms with Crippen molar-refractivity contribution in [3.05, 3.63) is 52.2 Å². The predicted molar refractivity (Wildman–Crippen MR) is 86.2 cm³/mol. The maximum atomic E-state index is 11.9. The van der Waals surface area contributed by atoms with Gasteiger partial charge >= 0.3 is 5.97 Å². The highest BCUT2D eigenvalue weighted by Gasteiger charge is 2.43. The van der Waals surface area contributed by atoms with Crippen molar-refractivity contribution in [1.29, 1.82) is 0 Å². The number of carbonyl (C=O) groups excluding carboxylic acids is 1. The number of hydrogen-bond acceptors (Lipinski definition) is 3. The molecule has 3 rings (SSSR count). The van der Waals surface area contributed by atoms with Crippen LogP contribution in [0.1, 0.15) is 29.2 Å². The molecule has 2 aromatic rings. The van der Waals surface area contributed by atoms with Gasteiger partial charge in [0.2, 0.25) is 5.91 Å².